The van der Waals surface area contributed by atoms with Crippen LogP contribution in [0.3, 0.4) is 0 Å². The molecule has 0 aliphatic carbocycles. The fourth-order valence-electron chi connectivity index (χ4n) is 2.28. The van der Waals surface area contributed by atoms with Gasteiger partial charge in [-0.25, -0.2) is 0 Å². The lowest BCUT2D eigenvalue weighted by Crippen LogP contribution is -2.58. The van der Waals surface area contributed by atoms with Gasteiger partial charge in [0.1, 0.15) is 11.2 Å². The van der Waals surface area contributed by atoms with Crippen LogP contribution in [0.15, 0.2) is 0 Å². The molecule has 2 atom stereocenters. The van der Waals surface area contributed by atoms with Gasteiger partial charge >= 0.3 is 8.80 Å². The Labute approximate surface area is 122 Å². The second kappa shape index (κ2) is 9.36. The molecule has 19 heavy (non-hydrogen) atoms. The van der Waals surface area contributed by atoms with Gasteiger partial charge in [-0.05, 0) is 45.8 Å². The van der Waals surface area contributed by atoms with Gasteiger partial charge in [-0.3, -0.25) is 0 Å². The van der Waals surface area contributed by atoms with Gasteiger partial charge in [0.2, 0.25) is 0 Å². The first-order valence-electron chi connectivity index (χ1n) is 7.41. The van der Waals surface area contributed by atoms with Crippen LogP contribution in [-0.4, -0.2) is 45.5 Å². The van der Waals surface area contributed by atoms with Crippen LogP contribution in [0.1, 0.15) is 47.0 Å². The standard InChI is InChI=1S/C13H28O4SSi/c1-5-13(17-12-10-9-11-18-12)19(14-6-2,15-7-3)16-8-4/h12-13H,5-11H2,1-4H3. The van der Waals surface area contributed by atoms with E-state index in [1.165, 1.54) is 12.2 Å². The largest absolute Gasteiger partial charge is 0.531 e. The highest BCUT2D eigenvalue weighted by molar-refractivity contribution is 8.00. The highest BCUT2D eigenvalue weighted by atomic mass is 32.2. The lowest BCUT2D eigenvalue weighted by atomic mass is 10.4. The van der Waals surface area contributed by atoms with Gasteiger partial charge in [0.15, 0.2) is 0 Å². The summed E-state index contributed by atoms with van der Waals surface area (Å²) >= 11 is 1.89. The van der Waals surface area contributed by atoms with Crippen molar-refractivity contribution in [3.05, 3.63) is 0 Å². The maximum atomic E-state index is 6.23. The Hall–Kier alpha value is 0.407. The first-order chi connectivity index (χ1) is 9.22. The summed E-state index contributed by atoms with van der Waals surface area (Å²) in [5.41, 5.74) is 0.223. The Morgan fingerprint density at radius 1 is 1.05 bits per heavy atom. The lowest BCUT2D eigenvalue weighted by molar-refractivity contribution is -0.0193. The van der Waals surface area contributed by atoms with Crippen LogP contribution in [0.4, 0.5) is 0 Å². The number of thioether (sulfide) groups is 1. The normalized spacial score (nSPS) is 21.8. The molecule has 0 aromatic rings. The Kier molecular flexibility index (Phi) is 8.60. The monoisotopic (exact) mass is 308 g/mol. The van der Waals surface area contributed by atoms with E-state index in [2.05, 4.69) is 6.92 Å². The van der Waals surface area contributed by atoms with Crippen LogP contribution >= 0.6 is 11.8 Å². The van der Waals surface area contributed by atoms with Crippen molar-refractivity contribution in [2.45, 2.75) is 58.1 Å². The zero-order valence-electron chi connectivity index (χ0n) is 12.6. The van der Waals surface area contributed by atoms with Crippen molar-refractivity contribution >= 4 is 20.6 Å². The summed E-state index contributed by atoms with van der Waals surface area (Å²) in [4.78, 5) is 0. The maximum Gasteiger partial charge on any atom is 0.531 e. The third kappa shape index (κ3) is 5.02. The molecule has 1 heterocycles. The fraction of sp³-hybridized carbons (Fsp3) is 1.00. The maximum absolute atomic E-state index is 6.23. The van der Waals surface area contributed by atoms with E-state index in [0.29, 0.717) is 19.8 Å². The molecule has 0 amide bonds. The molecule has 1 saturated heterocycles. The Morgan fingerprint density at radius 3 is 2.00 bits per heavy atom. The second-order valence-corrected chi connectivity index (χ2v) is 8.36. The van der Waals surface area contributed by atoms with Crippen LogP contribution in [0.5, 0.6) is 0 Å². The molecule has 0 N–H and O–H groups in total. The van der Waals surface area contributed by atoms with Crippen molar-refractivity contribution < 1.29 is 18.0 Å². The quantitative estimate of drug-likeness (QED) is 0.579. The molecule has 0 spiro atoms. The molecule has 1 fully saturated rings. The second-order valence-electron chi connectivity index (χ2n) is 4.38. The van der Waals surface area contributed by atoms with Gasteiger partial charge in [-0.1, -0.05) is 6.92 Å². The summed E-state index contributed by atoms with van der Waals surface area (Å²) in [7, 11) is -2.73. The molecule has 0 radical (unpaired) electrons. The molecule has 114 valence electrons. The van der Waals surface area contributed by atoms with Gasteiger partial charge in [0.25, 0.3) is 0 Å². The summed E-state index contributed by atoms with van der Waals surface area (Å²) in [5.74, 6) is 1.19. The lowest BCUT2D eigenvalue weighted by Gasteiger charge is -2.35. The minimum atomic E-state index is -2.73. The number of rotatable bonds is 10. The highest BCUT2D eigenvalue weighted by Crippen LogP contribution is 2.31. The van der Waals surface area contributed by atoms with Crippen LogP contribution in [0.2, 0.25) is 0 Å². The van der Waals surface area contributed by atoms with Crippen LogP contribution in [0.25, 0.3) is 0 Å². The van der Waals surface area contributed by atoms with Crippen LogP contribution in [-0.2, 0) is 18.0 Å². The minimum Gasteiger partial charge on any atom is -0.372 e. The number of hydrogen-bond acceptors (Lipinski definition) is 5. The van der Waals surface area contributed by atoms with E-state index in [4.69, 9.17) is 18.0 Å². The zero-order valence-corrected chi connectivity index (χ0v) is 14.5. The molecule has 4 nitrogen and oxygen atoms in total. The first-order valence-corrected chi connectivity index (χ1v) is 10.3. The molecule has 1 rings (SSSR count). The zero-order chi connectivity index (χ0) is 14.1. The molecule has 0 saturated carbocycles. The molecule has 1 aliphatic rings. The smallest absolute Gasteiger partial charge is 0.372 e. The van der Waals surface area contributed by atoms with E-state index < -0.39 is 8.80 Å². The van der Waals surface area contributed by atoms with Crippen molar-refractivity contribution in [2.24, 2.45) is 0 Å². The van der Waals surface area contributed by atoms with Crippen molar-refractivity contribution in [2.75, 3.05) is 25.6 Å². The van der Waals surface area contributed by atoms with E-state index in [1.54, 1.807) is 0 Å². The summed E-state index contributed by atoms with van der Waals surface area (Å²) < 4.78 is 24.0. The fourth-order valence-corrected chi connectivity index (χ4v) is 6.36. The topological polar surface area (TPSA) is 36.9 Å². The number of hydrogen-bond donors (Lipinski definition) is 0. The third-order valence-electron chi connectivity index (χ3n) is 3.01. The molecule has 6 heteroatoms. The van der Waals surface area contributed by atoms with E-state index in [1.807, 2.05) is 32.5 Å². The van der Waals surface area contributed by atoms with Gasteiger partial charge in [0, 0.05) is 19.8 Å². The average Bonchev–Trinajstić information content (AvgIpc) is 2.89. The van der Waals surface area contributed by atoms with Gasteiger partial charge in [-0.2, -0.15) is 0 Å². The molecule has 0 bridgehead atoms. The molecular formula is C13H28O4SSi. The van der Waals surface area contributed by atoms with Gasteiger partial charge in [0.05, 0.1) is 0 Å². The molecule has 0 aromatic carbocycles. The molecular weight excluding hydrogens is 280 g/mol. The number of ether oxygens (including phenoxy) is 1. The van der Waals surface area contributed by atoms with Gasteiger partial charge < -0.3 is 18.0 Å². The first kappa shape index (κ1) is 17.5. The summed E-state index contributed by atoms with van der Waals surface area (Å²) in [5, 5.41) is 0. The molecule has 1 aliphatic heterocycles. The van der Waals surface area contributed by atoms with E-state index in [-0.39, 0.29) is 11.2 Å². The van der Waals surface area contributed by atoms with Crippen molar-refractivity contribution in [1.82, 2.24) is 0 Å². The van der Waals surface area contributed by atoms with Crippen LogP contribution in [0, 0.1) is 0 Å². The Balaban J connectivity index is 2.75. The Bertz CT molecular complexity index is 220. The Morgan fingerprint density at radius 2 is 1.63 bits per heavy atom. The summed E-state index contributed by atoms with van der Waals surface area (Å²) in [6.07, 6.45) is 3.22. The molecule has 0 aromatic heterocycles. The van der Waals surface area contributed by atoms with E-state index in [9.17, 15) is 0 Å². The average molecular weight is 309 g/mol. The van der Waals surface area contributed by atoms with Crippen molar-refractivity contribution in [3.8, 4) is 0 Å². The highest BCUT2D eigenvalue weighted by Gasteiger charge is 2.50. The SMILES string of the molecule is CCO[Si](OCC)(OCC)C(CC)OC1CCCS1. The minimum absolute atomic E-state index is 0.0528. The van der Waals surface area contributed by atoms with Crippen molar-refractivity contribution in [3.63, 3.8) is 0 Å². The van der Waals surface area contributed by atoms with Gasteiger partial charge in [-0.15, -0.1) is 11.8 Å². The van der Waals surface area contributed by atoms with E-state index >= 15 is 0 Å². The molecule has 2 unspecified atom stereocenters. The predicted molar refractivity (Wildman–Crippen MR) is 81.3 cm³/mol. The summed E-state index contributed by atoms with van der Waals surface area (Å²) in [6, 6.07) is 0. The van der Waals surface area contributed by atoms with Crippen molar-refractivity contribution in [1.29, 1.82) is 0 Å². The van der Waals surface area contributed by atoms with Crippen LogP contribution < -0.4 is 0 Å². The van der Waals surface area contributed by atoms with E-state index in [0.717, 1.165) is 12.8 Å². The predicted octanol–water partition coefficient (Wildman–Crippen LogP) is 3.22. The summed E-state index contributed by atoms with van der Waals surface area (Å²) in [6.45, 7) is 9.87. The third-order valence-corrected chi connectivity index (χ3v) is 7.65.